The third-order valence-corrected chi connectivity index (χ3v) is 15.7. The topological polar surface area (TPSA) is 388 Å². The van der Waals surface area contributed by atoms with Crippen molar-refractivity contribution >= 4 is 106 Å². The summed E-state index contributed by atoms with van der Waals surface area (Å²) in [5.74, 6) is 0. The van der Waals surface area contributed by atoms with Crippen LogP contribution in [0.3, 0.4) is 0 Å². The number of nitrogens with two attached hydrogens (primary N) is 1. The minimum absolute atomic E-state index is 0. The standard InChI is InChI=1S/C20H30N2O5.C15H20N4O3.C15H22N2O3.C12H14N4O3.C12H24N2O3.C3H7Br.4H2S/c1-14(2)26-17-12-22(11-16(17)21-18(23)27-20(3,4)5)19(24)25-13-15-9-7-6-8-10-15;1-11(2)22-14-9-19(8-13(14)17-18-16)15(20)21-10-12-6-4-3-5-7-12;1-11(2)20-14-9-17(8-13(14)16)15(18)19-10-12-6-4-3-5-7-12;13-15-14-10-6-16(7-11(10)17)12(18)19-8-9-4-2-1-3-5-9;1-8(2)16-10-7-13-6-9(10)14-11(15)17-12(3,4)5;1-3(2)4;;;;/h6-10,14,16-17H,11-13H2,1-5H3,(H,21,23);3-7,11,13-14H,8-10H2,1-2H3;3-7,11,13-14H,8-10,16H2,1-2H3;1-5,10-11,17H,6-8H2;8-10,13H,6-7H2,1-5H3,(H,14,15);3H,1-2H3;4*1H2/t16-,17-;2*13-,14-;10-,11-;9-,10-;;;;;/m00000...../s1. The SMILES string of the molecule is CC(C)Br.CC(C)O[C@H]1CN(C(=O)OCc2ccccc2)C[C@@H]1N.CC(C)O[C@H]1CN(C(=O)OCc2ccccc2)C[C@@H]1N=[N+]=[N-].CC(C)O[C@H]1CN(C(=O)OCc2ccccc2)C[C@@H]1NC(=O)OC(C)(C)C.CC(C)O[C@H]1CNC[C@@H]1NC(=O)OC(C)(C)C.S.S.S.S.[N-]=[N+]=N[C@H]1CN(C(=O)OCc2ccccc2)C[C@@H]1O. The highest BCUT2D eigenvalue weighted by Gasteiger charge is 2.41. The van der Waals surface area contributed by atoms with Crippen molar-refractivity contribution < 1.29 is 81.2 Å². The quantitative estimate of drug-likeness (QED) is 0.0180. The Morgan fingerprint density at radius 3 is 1.13 bits per heavy atom. The number of ether oxygens (including phenoxy) is 10. The molecule has 113 heavy (non-hydrogen) atoms. The van der Waals surface area contributed by atoms with Gasteiger partial charge in [0.1, 0.15) is 37.6 Å². The minimum Gasteiger partial charge on any atom is -0.445 e. The van der Waals surface area contributed by atoms with Gasteiger partial charge in [-0.25, -0.2) is 28.8 Å². The lowest BCUT2D eigenvalue weighted by Gasteiger charge is -2.25. The first-order chi connectivity index (χ1) is 51.5. The molecule has 9 rings (SSSR count). The Morgan fingerprint density at radius 2 is 0.761 bits per heavy atom. The van der Waals surface area contributed by atoms with Crippen molar-refractivity contribution in [2.75, 3.05) is 65.4 Å². The molecule has 5 heterocycles. The molecule has 5 aliphatic heterocycles. The van der Waals surface area contributed by atoms with Crippen LogP contribution < -0.4 is 21.7 Å². The van der Waals surface area contributed by atoms with Gasteiger partial charge in [-0.3, -0.25) is 0 Å². The number of likely N-dealkylation sites (tertiary alicyclic amines) is 4. The molecule has 0 aliphatic carbocycles. The molecule has 6 amide bonds. The van der Waals surface area contributed by atoms with E-state index in [1.54, 1.807) is 30.6 Å². The average molecular weight is 1730 g/mol. The molecule has 4 aromatic carbocycles. The van der Waals surface area contributed by atoms with Gasteiger partial charge in [0, 0.05) is 53.9 Å². The van der Waals surface area contributed by atoms with Crippen molar-refractivity contribution in [3.05, 3.63) is 164 Å². The molecule has 4 aromatic rings. The molecule has 0 radical (unpaired) electrons. The summed E-state index contributed by atoms with van der Waals surface area (Å²) in [4.78, 5) is 84.2. The highest BCUT2D eigenvalue weighted by atomic mass is 79.9. The average Bonchev–Trinajstić information content (AvgIpc) is 1.70. The third-order valence-electron chi connectivity index (χ3n) is 15.7. The lowest BCUT2D eigenvalue weighted by atomic mass is 10.2. The van der Waals surface area contributed by atoms with Crippen LogP contribution in [0.15, 0.2) is 132 Å². The van der Waals surface area contributed by atoms with Crippen molar-refractivity contribution in [1.29, 1.82) is 0 Å². The Hall–Kier alpha value is -7.28. The van der Waals surface area contributed by atoms with Crippen LogP contribution in [0.25, 0.3) is 20.9 Å². The summed E-state index contributed by atoms with van der Waals surface area (Å²) in [6.07, 6.45) is -3.91. The molecule has 0 spiro atoms. The lowest BCUT2D eigenvalue weighted by Crippen LogP contribution is -2.46. The number of aliphatic hydroxyl groups is 1. The molecule has 636 valence electrons. The first kappa shape index (κ1) is 106. The predicted octanol–water partition coefficient (Wildman–Crippen LogP) is 13.4. The number of halogens is 1. The second kappa shape index (κ2) is 55.3. The van der Waals surface area contributed by atoms with E-state index in [4.69, 9.17) is 64.2 Å². The molecule has 6 N–H and O–H groups in total. The van der Waals surface area contributed by atoms with Gasteiger partial charge in [-0.15, -0.1) is 0 Å². The van der Waals surface area contributed by atoms with Crippen molar-refractivity contribution in [2.24, 2.45) is 16.0 Å². The third kappa shape index (κ3) is 43.9. The van der Waals surface area contributed by atoms with E-state index < -0.39 is 47.7 Å². The number of amides is 6. The van der Waals surface area contributed by atoms with Crippen molar-refractivity contribution in [3.63, 3.8) is 0 Å². The number of alkyl carbamates (subject to hydrolysis) is 2. The van der Waals surface area contributed by atoms with Crippen LogP contribution >= 0.6 is 69.9 Å². The molecule has 0 saturated carbocycles. The number of azide groups is 2. The van der Waals surface area contributed by atoms with E-state index in [9.17, 15) is 33.9 Å². The summed E-state index contributed by atoms with van der Waals surface area (Å²) in [5.41, 5.74) is 25.6. The van der Waals surface area contributed by atoms with Crippen molar-refractivity contribution in [3.8, 4) is 0 Å². The van der Waals surface area contributed by atoms with Crippen LogP contribution in [0.1, 0.15) is 133 Å². The number of β-amino-alcohol motifs (C(OH)–C–C–N with tert-alkyl or cyclic N) is 1. The van der Waals surface area contributed by atoms with Crippen LogP contribution in [0.2, 0.25) is 0 Å². The molecule has 5 aliphatic rings. The van der Waals surface area contributed by atoms with E-state index in [1.165, 1.54) is 9.80 Å². The Labute approximate surface area is 703 Å². The number of rotatable bonds is 20. The van der Waals surface area contributed by atoms with Gasteiger partial charge in [-0.1, -0.05) is 161 Å². The zero-order valence-corrected chi connectivity index (χ0v) is 73.6. The first-order valence-corrected chi connectivity index (χ1v) is 37.7. The van der Waals surface area contributed by atoms with E-state index in [-0.39, 0.29) is 179 Å². The van der Waals surface area contributed by atoms with Gasteiger partial charge in [0.25, 0.3) is 0 Å². The fourth-order valence-corrected chi connectivity index (χ4v) is 11.1. The van der Waals surface area contributed by atoms with Crippen molar-refractivity contribution in [1.82, 2.24) is 35.6 Å². The molecular formula is C77H125BrN14O17S4. The number of hydrogen-bond donors (Lipinski definition) is 5. The number of benzene rings is 4. The number of hydrogen-bond acceptors (Lipinski definition) is 21. The lowest BCUT2D eigenvalue weighted by molar-refractivity contribution is -0.00317. The maximum atomic E-state index is 12.4. The smallest absolute Gasteiger partial charge is 0.410 e. The van der Waals surface area contributed by atoms with E-state index in [2.05, 4.69) is 65.8 Å². The summed E-state index contributed by atoms with van der Waals surface area (Å²) in [6, 6.07) is 36.4. The van der Waals surface area contributed by atoms with Crippen LogP contribution in [-0.2, 0) is 73.8 Å². The Balaban J connectivity index is 0.00000137. The van der Waals surface area contributed by atoms with E-state index in [0.29, 0.717) is 44.1 Å². The number of nitrogens with zero attached hydrogens (tertiary/aromatic N) is 10. The minimum atomic E-state index is -0.833. The molecule has 5 fully saturated rings. The highest BCUT2D eigenvalue weighted by Crippen LogP contribution is 2.23. The molecule has 5 saturated heterocycles. The second-order valence-corrected chi connectivity index (χ2v) is 31.5. The molecular weight excluding hydrogens is 1600 g/mol. The summed E-state index contributed by atoms with van der Waals surface area (Å²) in [7, 11) is 0. The van der Waals surface area contributed by atoms with Crippen LogP contribution in [-0.4, -0.2) is 228 Å². The number of carbonyl (C=O) groups is 6. The van der Waals surface area contributed by atoms with Crippen LogP contribution in [0.5, 0.6) is 0 Å². The fourth-order valence-electron chi connectivity index (χ4n) is 11.1. The van der Waals surface area contributed by atoms with Gasteiger partial charge in [-0.2, -0.15) is 54.0 Å². The summed E-state index contributed by atoms with van der Waals surface area (Å²) < 4.78 is 54.6. The molecule has 10 atom stereocenters. The maximum Gasteiger partial charge on any atom is 0.410 e. The van der Waals surface area contributed by atoms with Gasteiger partial charge in [0.05, 0.1) is 111 Å². The molecule has 31 nitrogen and oxygen atoms in total. The van der Waals surface area contributed by atoms with Gasteiger partial charge >= 0.3 is 36.6 Å². The Kier molecular flexibility index (Phi) is 51.7. The number of aliphatic hydroxyl groups excluding tert-OH is 1. The zero-order chi connectivity index (χ0) is 80.8. The zero-order valence-electron chi connectivity index (χ0n) is 68.0. The molecule has 36 heteroatoms. The molecule has 0 bridgehead atoms. The summed E-state index contributed by atoms with van der Waals surface area (Å²) in [5, 5.41) is 25.6. The van der Waals surface area contributed by atoms with Crippen LogP contribution in [0, 0.1) is 0 Å². The van der Waals surface area contributed by atoms with Crippen molar-refractivity contribution in [2.45, 2.75) is 238 Å². The Bertz CT molecular complexity index is 3450. The molecule has 0 unspecified atom stereocenters. The highest BCUT2D eigenvalue weighted by molar-refractivity contribution is 9.09. The van der Waals surface area contributed by atoms with E-state index in [0.717, 1.165) is 35.3 Å². The fraction of sp³-hybridized carbons (Fsp3) is 0.610. The summed E-state index contributed by atoms with van der Waals surface area (Å²) in [6.45, 7) is 35.7. The van der Waals surface area contributed by atoms with E-state index >= 15 is 0 Å². The van der Waals surface area contributed by atoms with Gasteiger partial charge in [0.15, 0.2) is 0 Å². The van der Waals surface area contributed by atoms with Gasteiger partial charge in [-0.05, 0) is 130 Å². The summed E-state index contributed by atoms with van der Waals surface area (Å²) >= 11 is 3.27. The predicted molar refractivity (Wildman–Crippen MR) is 457 cm³/mol. The normalized spacial score (nSPS) is 20.5. The van der Waals surface area contributed by atoms with Gasteiger partial charge in [0.2, 0.25) is 0 Å². The molecule has 0 aromatic heterocycles. The number of alkyl halides is 1. The van der Waals surface area contributed by atoms with E-state index in [1.807, 2.05) is 197 Å². The maximum absolute atomic E-state index is 12.4. The van der Waals surface area contributed by atoms with Gasteiger partial charge < -0.3 is 93.8 Å². The monoisotopic (exact) mass is 1720 g/mol. The number of nitrogens with one attached hydrogen (secondary N) is 3. The number of carbonyl (C=O) groups excluding carboxylic acids is 6. The van der Waals surface area contributed by atoms with Crippen LogP contribution in [0.4, 0.5) is 28.8 Å². The first-order valence-electron chi connectivity index (χ1n) is 36.8. The Morgan fingerprint density at radius 1 is 0.460 bits per heavy atom. The largest absolute Gasteiger partial charge is 0.445 e. The second-order valence-electron chi connectivity index (χ2n) is 29.6.